The number of urea groups is 1. The van der Waals surface area contributed by atoms with Crippen molar-refractivity contribution >= 4 is 29.0 Å². The van der Waals surface area contributed by atoms with Gasteiger partial charge in [-0.3, -0.25) is 4.79 Å². The summed E-state index contributed by atoms with van der Waals surface area (Å²) in [5, 5.41) is 5.58. The van der Waals surface area contributed by atoms with E-state index in [1.807, 2.05) is 36.4 Å². The fraction of sp³-hybridized carbons (Fsp3) is 0.333. The van der Waals surface area contributed by atoms with E-state index >= 15 is 0 Å². The van der Waals surface area contributed by atoms with Gasteiger partial charge in [0.1, 0.15) is 5.75 Å². The second kappa shape index (κ2) is 9.07. The Morgan fingerprint density at radius 1 is 1.04 bits per heavy atom. The van der Waals surface area contributed by atoms with Gasteiger partial charge in [0.2, 0.25) is 5.91 Å². The van der Waals surface area contributed by atoms with Gasteiger partial charge in [0, 0.05) is 30.0 Å². The maximum absolute atomic E-state index is 12.2. The molecule has 0 spiro atoms. The van der Waals surface area contributed by atoms with E-state index in [2.05, 4.69) is 17.6 Å². The number of unbranched alkanes of at least 4 members (excludes halogenated alkanes) is 1. The second-order valence-electron chi connectivity index (χ2n) is 6.50. The van der Waals surface area contributed by atoms with Crippen molar-refractivity contribution in [3.63, 3.8) is 0 Å². The third kappa shape index (κ3) is 5.23. The minimum atomic E-state index is -0.320. The first-order valence-electron chi connectivity index (χ1n) is 9.37. The van der Waals surface area contributed by atoms with E-state index in [9.17, 15) is 9.59 Å². The van der Waals surface area contributed by atoms with E-state index in [0.29, 0.717) is 24.4 Å². The van der Waals surface area contributed by atoms with Crippen molar-refractivity contribution in [2.45, 2.75) is 32.6 Å². The summed E-state index contributed by atoms with van der Waals surface area (Å²) in [4.78, 5) is 25.7. The van der Waals surface area contributed by atoms with Gasteiger partial charge in [-0.15, -0.1) is 0 Å². The SMILES string of the molecule is CCCCOc1ccc(NC(=O)Nc2ccc(N3CCCC3=O)cc2)cc1. The topological polar surface area (TPSA) is 70.7 Å². The Bertz CT molecular complexity index is 772. The number of ether oxygens (including phenoxy) is 1. The van der Waals surface area contributed by atoms with Crippen LogP contribution in [0.4, 0.5) is 21.9 Å². The van der Waals surface area contributed by atoms with Crippen LogP contribution in [0.2, 0.25) is 0 Å². The van der Waals surface area contributed by atoms with Crippen LogP contribution in [0.25, 0.3) is 0 Å². The first kappa shape index (κ1) is 18.8. The van der Waals surface area contributed by atoms with Crippen LogP contribution in [0.1, 0.15) is 32.6 Å². The third-order valence-corrected chi connectivity index (χ3v) is 4.39. The van der Waals surface area contributed by atoms with Crippen molar-refractivity contribution in [1.29, 1.82) is 0 Å². The van der Waals surface area contributed by atoms with Crippen molar-refractivity contribution in [3.05, 3.63) is 48.5 Å². The van der Waals surface area contributed by atoms with E-state index in [-0.39, 0.29) is 11.9 Å². The normalized spacial score (nSPS) is 13.5. The summed E-state index contributed by atoms with van der Waals surface area (Å²) >= 11 is 0. The van der Waals surface area contributed by atoms with Gasteiger partial charge >= 0.3 is 6.03 Å². The molecule has 0 radical (unpaired) electrons. The van der Waals surface area contributed by atoms with Crippen LogP contribution < -0.4 is 20.3 Å². The van der Waals surface area contributed by atoms with Crippen molar-refractivity contribution < 1.29 is 14.3 Å². The minimum absolute atomic E-state index is 0.149. The minimum Gasteiger partial charge on any atom is -0.494 e. The predicted molar refractivity (Wildman–Crippen MR) is 108 cm³/mol. The summed E-state index contributed by atoms with van der Waals surface area (Å²) in [6.07, 6.45) is 3.61. The Balaban J connectivity index is 1.50. The molecule has 2 N–H and O–H groups in total. The van der Waals surface area contributed by atoms with Gasteiger partial charge in [0.05, 0.1) is 6.61 Å². The summed E-state index contributed by atoms with van der Waals surface area (Å²) in [6.45, 7) is 3.57. The molecule has 0 aromatic heterocycles. The Morgan fingerprint density at radius 3 is 2.22 bits per heavy atom. The third-order valence-electron chi connectivity index (χ3n) is 4.39. The molecule has 1 heterocycles. The number of benzene rings is 2. The molecule has 6 nitrogen and oxygen atoms in total. The summed E-state index contributed by atoms with van der Waals surface area (Å²) < 4.78 is 5.61. The van der Waals surface area contributed by atoms with E-state index in [1.165, 1.54) is 0 Å². The molecule has 0 aliphatic carbocycles. The first-order chi connectivity index (χ1) is 13.2. The largest absolute Gasteiger partial charge is 0.494 e. The summed E-state index contributed by atoms with van der Waals surface area (Å²) in [5.41, 5.74) is 2.22. The number of hydrogen-bond donors (Lipinski definition) is 2. The van der Waals surface area contributed by atoms with Crippen LogP contribution in [0, 0.1) is 0 Å². The summed E-state index contributed by atoms with van der Waals surface area (Å²) in [6, 6.07) is 14.3. The van der Waals surface area contributed by atoms with E-state index in [1.54, 1.807) is 17.0 Å². The van der Waals surface area contributed by atoms with Gasteiger partial charge in [-0.1, -0.05) is 13.3 Å². The van der Waals surface area contributed by atoms with Crippen LogP contribution in [-0.4, -0.2) is 25.1 Å². The molecule has 0 atom stereocenters. The number of nitrogens with zero attached hydrogens (tertiary/aromatic N) is 1. The van der Waals surface area contributed by atoms with Crippen molar-refractivity contribution in [2.75, 3.05) is 28.7 Å². The molecule has 2 aromatic carbocycles. The molecule has 142 valence electrons. The van der Waals surface area contributed by atoms with Crippen LogP contribution in [0.5, 0.6) is 5.75 Å². The Labute approximate surface area is 159 Å². The van der Waals surface area contributed by atoms with Crippen LogP contribution in [-0.2, 0) is 4.79 Å². The molecule has 0 saturated carbocycles. The number of anilines is 3. The molecule has 27 heavy (non-hydrogen) atoms. The highest BCUT2D eigenvalue weighted by Crippen LogP contribution is 2.23. The van der Waals surface area contributed by atoms with Crippen molar-refractivity contribution in [3.8, 4) is 5.75 Å². The van der Waals surface area contributed by atoms with Gasteiger partial charge in [0.15, 0.2) is 0 Å². The fourth-order valence-corrected chi connectivity index (χ4v) is 2.91. The molecular formula is C21H25N3O3. The van der Waals surface area contributed by atoms with Gasteiger partial charge in [-0.25, -0.2) is 4.79 Å². The van der Waals surface area contributed by atoms with E-state index in [0.717, 1.165) is 37.2 Å². The number of hydrogen-bond acceptors (Lipinski definition) is 3. The van der Waals surface area contributed by atoms with Crippen LogP contribution in [0.3, 0.4) is 0 Å². The molecule has 0 bridgehead atoms. The highest BCUT2D eigenvalue weighted by molar-refractivity contribution is 6.00. The molecule has 6 heteroatoms. The molecule has 1 aliphatic heterocycles. The number of amides is 3. The van der Waals surface area contributed by atoms with Gasteiger partial charge in [-0.2, -0.15) is 0 Å². The molecular weight excluding hydrogens is 342 g/mol. The number of carbonyl (C=O) groups is 2. The number of rotatable bonds is 7. The van der Waals surface area contributed by atoms with Crippen molar-refractivity contribution in [1.82, 2.24) is 0 Å². The monoisotopic (exact) mass is 367 g/mol. The lowest BCUT2D eigenvalue weighted by atomic mass is 10.2. The summed E-state index contributed by atoms with van der Waals surface area (Å²) in [7, 11) is 0. The molecule has 1 aliphatic rings. The van der Waals surface area contributed by atoms with Crippen LogP contribution >= 0.6 is 0 Å². The fourth-order valence-electron chi connectivity index (χ4n) is 2.91. The van der Waals surface area contributed by atoms with Crippen LogP contribution in [0.15, 0.2) is 48.5 Å². The lowest BCUT2D eigenvalue weighted by Gasteiger charge is -2.16. The maximum atomic E-state index is 12.2. The zero-order valence-corrected chi connectivity index (χ0v) is 15.5. The first-order valence-corrected chi connectivity index (χ1v) is 9.37. The average Bonchev–Trinajstić information content (AvgIpc) is 3.10. The van der Waals surface area contributed by atoms with Crippen molar-refractivity contribution in [2.24, 2.45) is 0 Å². The highest BCUT2D eigenvalue weighted by atomic mass is 16.5. The molecule has 2 aromatic rings. The zero-order valence-electron chi connectivity index (χ0n) is 15.5. The molecule has 1 saturated heterocycles. The predicted octanol–water partition coefficient (Wildman–Crippen LogP) is 4.64. The highest BCUT2D eigenvalue weighted by Gasteiger charge is 2.21. The van der Waals surface area contributed by atoms with Gasteiger partial charge in [0.25, 0.3) is 0 Å². The Morgan fingerprint density at radius 2 is 1.67 bits per heavy atom. The van der Waals surface area contributed by atoms with Gasteiger partial charge in [-0.05, 0) is 61.4 Å². The van der Waals surface area contributed by atoms with Gasteiger partial charge < -0.3 is 20.3 Å². The smallest absolute Gasteiger partial charge is 0.323 e. The summed E-state index contributed by atoms with van der Waals surface area (Å²) in [5.74, 6) is 0.942. The van der Waals surface area contributed by atoms with E-state index < -0.39 is 0 Å². The molecule has 1 fully saturated rings. The molecule has 0 unspecified atom stereocenters. The number of nitrogens with one attached hydrogen (secondary N) is 2. The molecule has 3 rings (SSSR count). The quantitative estimate of drug-likeness (QED) is 0.701. The zero-order chi connectivity index (χ0) is 19.1. The Kier molecular flexibility index (Phi) is 6.30. The number of carbonyl (C=O) groups excluding carboxylic acids is 2. The standard InChI is InChI=1S/C21H25N3O3/c1-2-3-15-27-19-12-8-17(9-13-19)23-21(26)22-16-6-10-18(11-7-16)24-14-4-5-20(24)25/h6-13H,2-5,14-15H2,1H3,(H2,22,23,26). The lowest BCUT2D eigenvalue weighted by Crippen LogP contribution is -2.23. The maximum Gasteiger partial charge on any atom is 0.323 e. The lowest BCUT2D eigenvalue weighted by molar-refractivity contribution is -0.117. The Hall–Kier alpha value is -3.02. The molecule has 3 amide bonds. The second-order valence-corrected chi connectivity index (χ2v) is 6.50. The average molecular weight is 367 g/mol. The van der Waals surface area contributed by atoms with E-state index in [4.69, 9.17) is 4.74 Å².